The minimum Gasteiger partial charge on any atom is -0.481 e. The lowest BCUT2D eigenvalue weighted by Gasteiger charge is -2.17. The number of aliphatic carboxylic acids is 1. The Morgan fingerprint density at radius 2 is 1.63 bits per heavy atom. The number of carbonyl (C=O) groups is 3. The highest BCUT2D eigenvalue weighted by Crippen LogP contribution is 2.44. The van der Waals surface area contributed by atoms with Crippen molar-refractivity contribution in [2.45, 2.75) is 12.1 Å². The van der Waals surface area contributed by atoms with Gasteiger partial charge in [-0.3, -0.25) is 9.59 Å². The minimum absolute atomic E-state index is 0.0927. The van der Waals surface area contributed by atoms with Crippen molar-refractivity contribution in [3.05, 3.63) is 59.7 Å². The largest absolute Gasteiger partial charge is 0.481 e. The molecule has 2 N–H and O–H groups in total. The number of likely N-dealkylation sites (tertiary alicyclic amines) is 1. The summed E-state index contributed by atoms with van der Waals surface area (Å²) in [5.41, 5.74) is 4.27. The number of alkyl halides is 3. The van der Waals surface area contributed by atoms with Gasteiger partial charge in [0.25, 0.3) is 5.91 Å². The quantitative estimate of drug-likeness (QED) is 0.647. The first-order valence-corrected chi connectivity index (χ1v) is 10.8. The van der Waals surface area contributed by atoms with Crippen molar-refractivity contribution in [3.63, 3.8) is 0 Å². The molecule has 0 spiro atoms. The zero-order chi connectivity index (χ0) is 25.2. The van der Waals surface area contributed by atoms with Crippen LogP contribution in [0.25, 0.3) is 11.1 Å². The van der Waals surface area contributed by atoms with E-state index in [4.69, 9.17) is 9.84 Å². The number of alkyl carbamates (subject to hydrolysis) is 1. The molecule has 0 saturated carbocycles. The molecular weight excluding hydrogens is 465 g/mol. The summed E-state index contributed by atoms with van der Waals surface area (Å²) in [5.74, 6) is -2.05. The molecule has 2 aromatic carbocycles. The van der Waals surface area contributed by atoms with Gasteiger partial charge in [0.05, 0.1) is 18.4 Å². The molecular formula is C25H21F3N2O5. The summed E-state index contributed by atoms with van der Waals surface area (Å²) in [7, 11) is 0. The van der Waals surface area contributed by atoms with E-state index < -0.39 is 49.1 Å². The molecule has 2 atom stereocenters. The summed E-state index contributed by atoms with van der Waals surface area (Å²) >= 11 is 0. The predicted molar refractivity (Wildman–Crippen MR) is 118 cm³/mol. The first-order chi connectivity index (χ1) is 16.7. The Hall–Kier alpha value is -4.00. The lowest BCUT2D eigenvalue weighted by Crippen LogP contribution is -2.34. The molecule has 2 amide bonds. The van der Waals surface area contributed by atoms with Gasteiger partial charge in [-0.25, -0.2) is 4.79 Å². The first-order valence-electron chi connectivity index (χ1n) is 10.8. The van der Waals surface area contributed by atoms with Gasteiger partial charge in [-0.2, -0.15) is 13.2 Å². The second kappa shape index (κ2) is 9.70. The van der Waals surface area contributed by atoms with Gasteiger partial charge in [0.1, 0.15) is 6.61 Å². The SMILES string of the molecule is O=C(NCC#CC(=O)N1C[C@@H](C(F)(F)F)[C@H](C(=O)O)C1)OCC1c2ccccc2-c2ccccc21. The summed E-state index contributed by atoms with van der Waals surface area (Å²) in [6.45, 7) is -1.52. The molecule has 2 aromatic rings. The molecule has 1 aliphatic heterocycles. The van der Waals surface area contributed by atoms with E-state index in [0.29, 0.717) is 0 Å². The zero-order valence-corrected chi connectivity index (χ0v) is 18.3. The molecule has 0 radical (unpaired) electrons. The Bertz CT molecular complexity index is 1170. The third kappa shape index (κ3) is 5.09. The highest BCUT2D eigenvalue weighted by Gasteiger charge is 2.53. The van der Waals surface area contributed by atoms with Crippen LogP contribution in [0, 0.1) is 23.7 Å². The van der Waals surface area contributed by atoms with Crippen molar-refractivity contribution in [1.29, 1.82) is 0 Å². The summed E-state index contributed by atoms with van der Waals surface area (Å²) in [5, 5.41) is 11.4. The molecule has 1 fully saturated rings. The number of ether oxygens (including phenoxy) is 1. The van der Waals surface area contributed by atoms with Crippen LogP contribution < -0.4 is 5.32 Å². The number of halogens is 3. The molecule has 4 rings (SSSR count). The average Bonchev–Trinajstić information content (AvgIpc) is 3.41. The second-order valence-corrected chi connectivity index (χ2v) is 8.28. The third-order valence-corrected chi connectivity index (χ3v) is 6.20. The standard InChI is InChI=1S/C25H21F3N2O5/c26-25(27,28)21-13-30(12-19(21)23(32)33)22(31)10-5-11-29-24(34)35-14-20-17-8-3-1-6-15(17)16-7-2-4-9-18(16)20/h1-4,6-9,19-21H,11-14H2,(H,29,34)(H,32,33)/t19-,21-/m1/s1. The maximum absolute atomic E-state index is 13.1. The number of nitrogens with zero attached hydrogens (tertiary/aromatic N) is 1. The van der Waals surface area contributed by atoms with E-state index in [9.17, 15) is 27.6 Å². The Morgan fingerprint density at radius 3 is 2.17 bits per heavy atom. The van der Waals surface area contributed by atoms with Crippen molar-refractivity contribution in [2.75, 3.05) is 26.2 Å². The van der Waals surface area contributed by atoms with E-state index in [1.165, 1.54) is 0 Å². The van der Waals surface area contributed by atoms with Crippen LogP contribution in [0.1, 0.15) is 17.0 Å². The first kappa shape index (κ1) is 24.1. The maximum atomic E-state index is 13.1. The van der Waals surface area contributed by atoms with Gasteiger partial charge >= 0.3 is 18.2 Å². The van der Waals surface area contributed by atoms with Gasteiger partial charge in [0.2, 0.25) is 0 Å². The van der Waals surface area contributed by atoms with E-state index >= 15 is 0 Å². The highest BCUT2D eigenvalue weighted by atomic mass is 19.4. The number of hydrogen-bond donors (Lipinski definition) is 2. The smallest absolute Gasteiger partial charge is 0.407 e. The molecule has 1 saturated heterocycles. The molecule has 1 heterocycles. The number of fused-ring (bicyclic) bond motifs is 3. The van der Waals surface area contributed by atoms with Crippen LogP contribution in [-0.4, -0.2) is 60.4 Å². The van der Waals surface area contributed by atoms with E-state index in [-0.39, 0.29) is 19.1 Å². The van der Waals surface area contributed by atoms with Gasteiger partial charge in [0.15, 0.2) is 0 Å². The summed E-state index contributed by atoms with van der Waals surface area (Å²) < 4.78 is 44.5. The molecule has 0 aromatic heterocycles. The number of carboxylic acid groups (broad SMARTS) is 1. The Morgan fingerprint density at radius 1 is 1.03 bits per heavy atom. The van der Waals surface area contributed by atoms with E-state index in [1.807, 2.05) is 48.5 Å². The normalized spacial score (nSPS) is 18.8. The van der Waals surface area contributed by atoms with E-state index in [2.05, 4.69) is 17.2 Å². The van der Waals surface area contributed by atoms with Crippen LogP contribution in [0.5, 0.6) is 0 Å². The van der Waals surface area contributed by atoms with Gasteiger partial charge in [-0.15, -0.1) is 0 Å². The number of carbonyl (C=O) groups excluding carboxylic acids is 2. The number of rotatable bonds is 4. The van der Waals surface area contributed by atoms with Gasteiger partial charge in [0, 0.05) is 19.0 Å². The predicted octanol–water partition coefficient (Wildman–Crippen LogP) is 3.25. The van der Waals surface area contributed by atoms with Gasteiger partial charge < -0.3 is 20.1 Å². The van der Waals surface area contributed by atoms with Crippen molar-refractivity contribution in [1.82, 2.24) is 10.2 Å². The number of amides is 2. The Kier molecular flexibility index (Phi) is 6.69. The monoisotopic (exact) mass is 486 g/mol. The van der Waals surface area contributed by atoms with Crippen molar-refractivity contribution in [2.24, 2.45) is 11.8 Å². The van der Waals surface area contributed by atoms with E-state index in [0.717, 1.165) is 27.2 Å². The average molecular weight is 486 g/mol. The Labute approximate surface area is 198 Å². The minimum atomic E-state index is -4.74. The number of nitrogens with one attached hydrogen (secondary N) is 1. The molecule has 10 heteroatoms. The fraction of sp³-hybridized carbons (Fsp3) is 0.320. The molecule has 7 nitrogen and oxygen atoms in total. The maximum Gasteiger partial charge on any atom is 0.407 e. The van der Waals surface area contributed by atoms with E-state index in [1.54, 1.807) is 0 Å². The molecule has 35 heavy (non-hydrogen) atoms. The lowest BCUT2D eigenvalue weighted by molar-refractivity contribution is -0.188. The van der Waals surface area contributed by atoms with Crippen molar-refractivity contribution < 1.29 is 37.4 Å². The van der Waals surface area contributed by atoms with Crippen LogP contribution in [0.15, 0.2) is 48.5 Å². The van der Waals surface area contributed by atoms with Gasteiger partial charge in [-0.1, -0.05) is 54.5 Å². The van der Waals surface area contributed by atoms with Crippen LogP contribution in [-0.2, 0) is 14.3 Å². The molecule has 182 valence electrons. The topological polar surface area (TPSA) is 95.9 Å². The summed E-state index contributed by atoms with van der Waals surface area (Å²) in [6.07, 6.45) is -5.49. The van der Waals surface area contributed by atoms with Crippen LogP contribution in [0.3, 0.4) is 0 Å². The Balaban J connectivity index is 1.28. The highest BCUT2D eigenvalue weighted by molar-refractivity contribution is 5.94. The molecule has 1 aliphatic carbocycles. The number of hydrogen-bond acceptors (Lipinski definition) is 4. The zero-order valence-electron chi connectivity index (χ0n) is 18.3. The van der Waals surface area contributed by atoms with Crippen LogP contribution in [0.4, 0.5) is 18.0 Å². The van der Waals surface area contributed by atoms with Crippen LogP contribution >= 0.6 is 0 Å². The number of carboxylic acids is 1. The summed E-state index contributed by atoms with van der Waals surface area (Å²) in [6, 6.07) is 15.7. The fourth-order valence-corrected chi connectivity index (χ4v) is 4.52. The van der Waals surface area contributed by atoms with Gasteiger partial charge in [-0.05, 0) is 28.2 Å². The lowest BCUT2D eigenvalue weighted by atomic mass is 9.96. The fourth-order valence-electron chi connectivity index (χ4n) is 4.52. The molecule has 2 aliphatic rings. The van der Waals surface area contributed by atoms with Crippen LogP contribution in [0.2, 0.25) is 0 Å². The summed E-state index contributed by atoms with van der Waals surface area (Å²) in [4.78, 5) is 36.1. The third-order valence-electron chi connectivity index (χ3n) is 6.20. The number of benzene rings is 2. The van der Waals surface area contributed by atoms with Crippen molar-refractivity contribution >= 4 is 18.0 Å². The molecule has 0 bridgehead atoms. The van der Waals surface area contributed by atoms with Crippen molar-refractivity contribution in [3.8, 4) is 23.0 Å². The molecule has 0 unspecified atom stereocenters. The second-order valence-electron chi connectivity index (χ2n) is 8.28.